The van der Waals surface area contributed by atoms with Crippen LogP contribution in [0.25, 0.3) is 11.0 Å². The van der Waals surface area contributed by atoms with E-state index >= 15 is 0 Å². The zero-order valence-electron chi connectivity index (χ0n) is 18.2. The van der Waals surface area contributed by atoms with Crippen LogP contribution in [-0.2, 0) is 4.79 Å². The van der Waals surface area contributed by atoms with Gasteiger partial charge >= 0.3 is 0 Å². The third-order valence-corrected chi connectivity index (χ3v) is 5.63. The first-order valence-corrected chi connectivity index (χ1v) is 11.0. The zero-order valence-corrected chi connectivity index (χ0v) is 18.2. The third-order valence-electron chi connectivity index (χ3n) is 5.63. The maximum absolute atomic E-state index is 12.8. The molecule has 1 aliphatic heterocycles. The summed E-state index contributed by atoms with van der Waals surface area (Å²) in [6.45, 7) is 4.39. The predicted molar refractivity (Wildman–Crippen MR) is 121 cm³/mol. The van der Waals surface area contributed by atoms with Crippen LogP contribution in [0.4, 0.5) is 0 Å². The summed E-state index contributed by atoms with van der Waals surface area (Å²) in [5.41, 5.74) is 0.723. The topological polar surface area (TPSA) is 81.0 Å². The highest BCUT2D eigenvalue weighted by atomic mass is 16.5. The molecule has 0 spiro atoms. The molecule has 0 atom stereocenters. The van der Waals surface area contributed by atoms with Crippen molar-refractivity contribution >= 4 is 22.8 Å². The lowest BCUT2D eigenvalue weighted by Gasteiger charge is -2.31. The molecule has 2 amide bonds. The highest BCUT2D eigenvalue weighted by molar-refractivity contribution is 5.96. The van der Waals surface area contributed by atoms with Crippen molar-refractivity contribution in [2.75, 3.05) is 32.8 Å². The summed E-state index contributed by atoms with van der Waals surface area (Å²) in [6.07, 6.45) is 1.68. The third kappa shape index (κ3) is 5.41. The van der Waals surface area contributed by atoms with Gasteiger partial charge in [-0.15, -0.1) is 0 Å². The van der Waals surface area contributed by atoms with Crippen LogP contribution in [0.1, 0.15) is 30.3 Å². The minimum atomic E-state index is -0.153. The second-order valence-corrected chi connectivity index (χ2v) is 7.88. The Bertz CT molecular complexity index is 1020. The first kappa shape index (κ1) is 21.7. The number of likely N-dealkylation sites (tertiary alicyclic amines) is 1. The molecule has 1 saturated heterocycles. The summed E-state index contributed by atoms with van der Waals surface area (Å²) in [4.78, 5) is 26.7. The van der Waals surface area contributed by atoms with E-state index in [1.165, 1.54) is 0 Å². The number of furan rings is 1. The van der Waals surface area contributed by atoms with Gasteiger partial charge in [0.1, 0.15) is 17.1 Å². The fraction of sp³-hybridized carbons (Fsp3) is 0.360. The van der Waals surface area contributed by atoms with Crippen molar-refractivity contribution in [3.8, 4) is 11.5 Å². The number of rotatable bonds is 8. The van der Waals surface area contributed by atoms with Crippen molar-refractivity contribution in [1.82, 2.24) is 10.2 Å². The summed E-state index contributed by atoms with van der Waals surface area (Å²) in [5, 5.41) is 3.87. The fourth-order valence-electron chi connectivity index (χ4n) is 3.84. The summed E-state index contributed by atoms with van der Waals surface area (Å²) in [5.74, 6) is 1.89. The fourth-order valence-corrected chi connectivity index (χ4v) is 3.84. The lowest BCUT2D eigenvalue weighted by Crippen LogP contribution is -2.42. The van der Waals surface area contributed by atoms with Gasteiger partial charge in [0.2, 0.25) is 0 Å². The Kier molecular flexibility index (Phi) is 6.94. The Hall–Kier alpha value is -3.48. The highest BCUT2D eigenvalue weighted by Crippen LogP contribution is 2.23. The molecule has 7 nitrogen and oxygen atoms in total. The number of piperidine rings is 1. The van der Waals surface area contributed by atoms with E-state index in [9.17, 15) is 9.59 Å². The van der Waals surface area contributed by atoms with Gasteiger partial charge in [-0.1, -0.05) is 18.2 Å². The molecule has 1 N–H and O–H groups in total. The number of nitrogens with one attached hydrogen (secondary N) is 1. The van der Waals surface area contributed by atoms with E-state index in [0.29, 0.717) is 43.7 Å². The van der Waals surface area contributed by atoms with E-state index in [4.69, 9.17) is 13.9 Å². The number of ether oxygens (including phenoxy) is 2. The molecule has 0 radical (unpaired) electrons. The molecule has 32 heavy (non-hydrogen) atoms. The van der Waals surface area contributed by atoms with E-state index in [2.05, 4.69) is 5.32 Å². The molecule has 1 aromatic heterocycles. The van der Waals surface area contributed by atoms with Crippen molar-refractivity contribution in [3.63, 3.8) is 0 Å². The minimum absolute atomic E-state index is 0.0304. The first-order chi connectivity index (χ1) is 15.6. The van der Waals surface area contributed by atoms with Crippen LogP contribution >= 0.6 is 0 Å². The maximum atomic E-state index is 12.8. The molecule has 168 valence electrons. The molecule has 2 heterocycles. The van der Waals surface area contributed by atoms with Crippen molar-refractivity contribution in [3.05, 3.63) is 60.4 Å². The van der Waals surface area contributed by atoms with Crippen LogP contribution in [0.2, 0.25) is 0 Å². The first-order valence-electron chi connectivity index (χ1n) is 11.0. The molecule has 0 saturated carbocycles. The molecule has 0 bridgehead atoms. The molecule has 3 aromatic rings. The van der Waals surface area contributed by atoms with E-state index in [1.807, 2.05) is 48.2 Å². The van der Waals surface area contributed by atoms with Gasteiger partial charge in [-0.05, 0) is 62.1 Å². The number of hydrogen-bond acceptors (Lipinski definition) is 5. The number of benzene rings is 2. The number of carbonyl (C=O) groups is 2. The summed E-state index contributed by atoms with van der Waals surface area (Å²) in [6, 6.07) is 16.6. The van der Waals surface area contributed by atoms with E-state index in [0.717, 1.165) is 29.6 Å². The SMILES string of the molecule is CCOc1ccc(OCC(=O)NCC2CCN(C(=O)c3cc4ccccc4o3)CC2)cc1. The van der Waals surface area contributed by atoms with E-state index in [1.54, 1.807) is 18.2 Å². The maximum Gasteiger partial charge on any atom is 0.289 e. The van der Waals surface area contributed by atoms with Crippen LogP contribution in [0, 0.1) is 5.92 Å². The lowest BCUT2D eigenvalue weighted by molar-refractivity contribution is -0.123. The van der Waals surface area contributed by atoms with Crippen LogP contribution < -0.4 is 14.8 Å². The van der Waals surface area contributed by atoms with Gasteiger partial charge in [0.05, 0.1) is 6.61 Å². The smallest absolute Gasteiger partial charge is 0.289 e. The summed E-state index contributed by atoms with van der Waals surface area (Å²) < 4.78 is 16.6. The van der Waals surface area contributed by atoms with Crippen molar-refractivity contribution in [1.29, 1.82) is 0 Å². The van der Waals surface area contributed by atoms with Gasteiger partial charge < -0.3 is 24.1 Å². The summed E-state index contributed by atoms with van der Waals surface area (Å²) in [7, 11) is 0. The molecular weight excluding hydrogens is 408 g/mol. The second kappa shape index (κ2) is 10.2. The van der Waals surface area contributed by atoms with Crippen LogP contribution in [0.3, 0.4) is 0 Å². The monoisotopic (exact) mass is 436 g/mol. The molecule has 0 unspecified atom stereocenters. The number of para-hydroxylation sites is 1. The van der Waals surface area contributed by atoms with Gasteiger partial charge in [-0.2, -0.15) is 0 Å². The van der Waals surface area contributed by atoms with Gasteiger partial charge in [0.25, 0.3) is 11.8 Å². The van der Waals surface area contributed by atoms with Crippen LogP contribution in [0.15, 0.2) is 59.0 Å². The minimum Gasteiger partial charge on any atom is -0.494 e. The largest absolute Gasteiger partial charge is 0.494 e. The number of hydrogen-bond donors (Lipinski definition) is 1. The van der Waals surface area contributed by atoms with Crippen molar-refractivity contribution in [2.45, 2.75) is 19.8 Å². The number of carbonyl (C=O) groups excluding carboxylic acids is 2. The summed E-state index contributed by atoms with van der Waals surface area (Å²) >= 11 is 0. The zero-order chi connectivity index (χ0) is 22.3. The second-order valence-electron chi connectivity index (χ2n) is 7.88. The molecule has 1 aliphatic rings. The standard InChI is InChI=1S/C25H28N2O5/c1-2-30-20-7-9-21(10-8-20)31-17-24(28)26-16-18-11-13-27(14-12-18)25(29)23-15-19-5-3-4-6-22(19)32-23/h3-10,15,18H,2,11-14,16-17H2,1H3,(H,26,28). The number of amides is 2. The van der Waals surface area contributed by atoms with Gasteiger partial charge in [0, 0.05) is 25.0 Å². The van der Waals surface area contributed by atoms with E-state index in [-0.39, 0.29) is 18.4 Å². The molecule has 4 rings (SSSR count). The van der Waals surface area contributed by atoms with Gasteiger partial charge in [-0.3, -0.25) is 9.59 Å². The Morgan fingerprint density at radius 1 is 1.03 bits per heavy atom. The average molecular weight is 437 g/mol. The Morgan fingerprint density at radius 2 is 1.72 bits per heavy atom. The quantitative estimate of drug-likeness (QED) is 0.580. The predicted octanol–water partition coefficient (Wildman–Crippen LogP) is 3.88. The average Bonchev–Trinajstić information content (AvgIpc) is 3.27. The number of nitrogens with zero attached hydrogens (tertiary/aromatic N) is 1. The molecule has 2 aromatic carbocycles. The number of fused-ring (bicyclic) bond motifs is 1. The molecular formula is C25H28N2O5. The molecule has 1 fully saturated rings. The lowest BCUT2D eigenvalue weighted by atomic mass is 9.96. The van der Waals surface area contributed by atoms with Crippen LogP contribution in [-0.4, -0.2) is 49.6 Å². The molecule has 7 heteroatoms. The Balaban J connectivity index is 1.17. The Labute approximate surface area is 187 Å². The molecule has 0 aliphatic carbocycles. The van der Waals surface area contributed by atoms with Crippen LogP contribution in [0.5, 0.6) is 11.5 Å². The highest BCUT2D eigenvalue weighted by Gasteiger charge is 2.26. The van der Waals surface area contributed by atoms with Gasteiger partial charge in [-0.25, -0.2) is 0 Å². The van der Waals surface area contributed by atoms with Crippen molar-refractivity contribution in [2.24, 2.45) is 5.92 Å². The van der Waals surface area contributed by atoms with E-state index < -0.39 is 0 Å². The van der Waals surface area contributed by atoms with Crippen molar-refractivity contribution < 1.29 is 23.5 Å². The van der Waals surface area contributed by atoms with Gasteiger partial charge in [0.15, 0.2) is 12.4 Å². The normalized spacial score (nSPS) is 14.3. The Morgan fingerprint density at radius 3 is 2.41 bits per heavy atom.